The van der Waals surface area contributed by atoms with Crippen molar-refractivity contribution in [3.8, 4) is 0 Å². The Morgan fingerprint density at radius 2 is 1.70 bits per heavy atom. The predicted octanol–water partition coefficient (Wildman–Crippen LogP) is 2.66. The van der Waals surface area contributed by atoms with Crippen molar-refractivity contribution in [2.75, 3.05) is 0 Å². The van der Waals surface area contributed by atoms with Crippen LogP contribution in [0.4, 0.5) is 26.3 Å². The number of H-pyrrole nitrogens is 1. The van der Waals surface area contributed by atoms with Gasteiger partial charge in [-0.05, 0) is 31.4 Å². The number of pyridine rings is 1. The second kappa shape index (κ2) is 6.57. The molecule has 3 rings (SSSR count). The lowest BCUT2D eigenvalue weighted by Gasteiger charge is -2.37. The molecule has 2 N–H and O–H groups in total. The van der Waals surface area contributed by atoms with Crippen LogP contribution in [-0.4, -0.2) is 38.9 Å². The van der Waals surface area contributed by atoms with Crippen LogP contribution < -0.4 is 11.0 Å². The summed E-state index contributed by atoms with van der Waals surface area (Å²) < 4.78 is 79.1. The standard InChI is InChI=1S/C15H14F6N4O2/c16-14(17,18)7-4-8(15(19,20)21)6-9(5-7)22-12(26)10-2-1-3-25-11(10)23-24-13(25)27/h1-3,7-9H,4-6H2,(H,22,26)(H,24,27). The summed E-state index contributed by atoms with van der Waals surface area (Å²) in [5, 5.41) is 7.99. The Kier molecular flexibility index (Phi) is 4.68. The van der Waals surface area contributed by atoms with E-state index in [1.165, 1.54) is 18.3 Å². The van der Waals surface area contributed by atoms with Crippen LogP contribution in [0.5, 0.6) is 0 Å². The minimum Gasteiger partial charge on any atom is -0.349 e. The Balaban J connectivity index is 1.84. The number of hydrogen-bond acceptors (Lipinski definition) is 3. The SMILES string of the molecule is O=C(NC1CC(C(F)(F)F)CC(C(F)(F)F)C1)c1cccn2c(=O)[nH]nc12. The van der Waals surface area contributed by atoms with Crippen molar-refractivity contribution in [2.24, 2.45) is 11.8 Å². The fourth-order valence-electron chi connectivity index (χ4n) is 3.34. The van der Waals surface area contributed by atoms with Gasteiger partial charge in [0, 0.05) is 12.2 Å². The van der Waals surface area contributed by atoms with Gasteiger partial charge in [-0.25, -0.2) is 14.3 Å². The first-order valence-corrected chi connectivity index (χ1v) is 7.97. The van der Waals surface area contributed by atoms with E-state index >= 15 is 0 Å². The lowest BCUT2D eigenvalue weighted by molar-refractivity contribution is -0.225. The molecule has 1 aliphatic rings. The van der Waals surface area contributed by atoms with Gasteiger partial charge in [-0.15, -0.1) is 0 Å². The maximum Gasteiger partial charge on any atom is 0.391 e. The zero-order valence-corrected chi connectivity index (χ0v) is 13.6. The quantitative estimate of drug-likeness (QED) is 0.767. The number of amides is 1. The third kappa shape index (κ3) is 3.93. The number of halogens is 6. The molecule has 6 nitrogen and oxygen atoms in total. The van der Waals surface area contributed by atoms with E-state index in [1.807, 2.05) is 0 Å². The van der Waals surface area contributed by atoms with E-state index in [4.69, 9.17) is 0 Å². The Labute approximate surface area is 147 Å². The molecule has 1 saturated carbocycles. The van der Waals surface area contributed by atoms with Gasteiger partial charge in [-0.2, -0.15) is 31.4 Å². The first kappa shape index (κ1) is 19.2. The topological polar surface area (TPSA) is 79.3 Å². The monoisotopic (exact) mass is 396 g/mol. The summed E-state index contributed by atoms with van der Waals surface area (Å²) >= 11 is 0. The van der Waals surface area contributed by atoms with Crippen LogP contribution in [0.25, 0.3) is 5.65 Å². The largest absolute Gasteiger partial charge is 0.391 e. The highest BCUT2D eigenvalue weighted by molar-refractivity contribution is 5.99. The number of carbonyl (C=O) groups is 1. The molecule has 148 valence electrons. The fraction of sp³-hybridized carbons (Fsp3) is 0.533. The molecule has 0 aromatic carbocycles. The molecule has 0 saturated heterocycles. The fourth-order valence-corrected chi connectivity index (χ4v) is 3.34. The first-order chi connectivity index (χ1) is 12.5. The Morgan fingerprint density at radius 3 is 2.26 bits per heavy atom. The minimum atomic E-state index is -4.79. The van der Waals surface area contributed by atoms with Gasteiger partial charge in [-0.1, -0.05) is 0 Å². The smallest absolute Gasteiger partial charge is 0.349 e. The van der Waals surface area contributed by atoms with Crippen molar-refractivity contribution >= 4 is 11.6 Å². The highest BCUT2D eigenvalue weighted by atomic mass is 19.4. The van der Waals surface area contributed by atoms with E-state index in [2.05, 4.69) is 15.5 Å². The van der Waals surface area contributed by atoms with E-state index in [1.54, 1.807) is 0 Å². The van der Waals surface area contributed by atoms with Crippen molar-refractivity contribution < 1.29 is 31.1 Å². The highest BCUT2D eigenvalue weighted by Crippen LogP contribution is 2.45. The molecular formula is C15H14F6N4O2. The molecule has 27 heavy (non-hydrogen) atoms. The number of carbonyl (C=O) groups excluding carboxylic acids is 1. The lowest BCUT2D eigenvalue weighted by atomic mass is 9.77. The summed E-state index contributed by atoms with van der Waals surface area (Å²) in [6.07, 6.45) is -10.6. The minimum absolute atomic E-state index is 0.0736. The summed E-state index contributed by atoms with van der Waals surface area (Å²) in [6, 6.07) is 1.31. The van der Waals surface area contributed by atoms with Crippen molar-refractivity contribution in [3.63, 3.8) is 0 Å². The zero-order chi connectivity index (χ0) is 20.0. The molecule has 1 aliphatic carbocycles. The van der Waals surface area contributed by atoms with E-state index in [9.17, 15) is 35.9 Å². The molecule has 2 atom stereocenters. The molecule has 0 aliphatic heterocycles. The molecule has 2 unspecified atom stereocenters. The van der Waals surface area contributed by atoms with Crippen molar-refractivity contribution in [1.29, 1.82) is 0 Å². The molecule has 12 heteroatoms. The van der Waals surface area contributed by atoms with Gasteiger partial charge < -0.3 is 5.32 Å². The van der Waals surface area contributed by atoms with Gasteiger partial charge in [0.1, 0.15) is 0 Å². The van der Waals surface area contributed by atoms with Crippen LogP contribution in [0.1, 0.15) is 29.6 Å². The molecule has 0 radical (unpaired) electrons. The van der Waals surface area contributed by atoms with Gasteiger partial charge in [0.25, 0.3) is 5.91 Å². The van der Waals surface area contributed by atoms with Crippen LogP contribution in [0.2, 0.25) is 0 Å². The molecule has 2 aromatic rings. The summed E-state index contributed by atoms with van der Waals surface area (Å²) in [7, 11) is 0. The van der Waals surface area contributed by atoms with E-state index in [0.717, 1.165) is 4.40 Å². The Bertz CT molecular complexity index is 878. The van der Waals surface area contributed by atoms with Crippen LogP contribution in [-0.2, 0) is 0 Å². The van der Waals surface area contributed by atoms with Gasteiger partial charge in [0.05, 0.1) is 17.4 Å². The van der Waals surface area contributed by atoms with Gasteiger partial charge in [0.15, 0.2) is 5.65 Å². The van der Waals surface area contributed by atoms with Crippen LogP contribution in [0.3, 0.4) is 0 Å². The summed E-state index contributed by atoms with van der Waals surface area (Å²) in [5.74, 6) is -5.22. The second-order valence-electron chi connectivity index (χ2n) is 6.50. The summed E-state index contributed by atoms with van der Waals surface area (Å²) in [6.45, 7) is 0. The maximum absolute atomic E-state index is 13.0. The number of alkyl halides is 6. The number of nitrogens with one attached hydrogen (secondary N) is 2. The maximum atomic E-state index is 13.0. The second-order valence-corrected chi connectivity index (χ2v) is 6.50. The average molecular weight is 396 g/mol. The van der Waals surface area contributed by atoms with Crippen LogP contribution >= 0.6 is 0 Å². The summed E-state index contributed by atoms with van der Waals surface area (Å²) in [5.41, 5.74) is -0.837. The number of fused-ring (bicyclic) bond motifs is 1. The summed E-state index contributed by atoms with van der Waals surface area (Å²) in [4.78, 5) is 23.9. The van der Waals surface area contributed by atoms with Crippen LogP contribution in [0.15, 0.2) is 23.1 Å². The number of nitrogens with zero attached hydrogens (tertiary/aromatic N) is 2. The van der Waals surface area contributed by atoms with E-state index in [0.29, 0.717) is 0 Å². The van der Waals surface area contributed by atoms with Gasteiger partial charge >= 0.3 is 18.0 Å². The van der Waals surface area contributed by atoms with Crippen molar-refractivity contribution in [3.05, 3.63) is 34.4 Å². The number of aromatic nitrogens is 3. The number of rotatable bonds is 2. The lowest BCUT2D eigenvalue weighted by Crippen LogP contribution is -2.47. The molecule has 0 bridgehead atoms. The Hall–Kier alpha value is -2.53. The van der Waals surface area contributed by atoms with E-state index < -0.39 is 61.1 Å². The number of aromatic amines is 1. The normalized spacial score (nSPS) is 24.1. The molecule has 0 spiro atoms. The Morgan fingerprint density at radius 1 is 1.11 bits per heavy atom. The molecule has 1 fully saturated rings. The van der Waals surface area contributed by atoms with Crippen LogP contribution in [0, 0.1) is 11.8 Å². The van der Waals surface area contributed by atoms with Crippen molar-refractivity contribution in [2.45, 2.75) is 37.7 Å². The predicted molar refractivity (Wildman–Crippen MR) is 80.0 cm³/mol. The van der Waals surface area contributed by atoms with E-state index in [-0.39, 0.29) is 11.2 Å². The van der Waals surface area contributed by atoms with Gasteiger partial charge in [0.2, 0.25) is 0 Å². The molecule has 2 heterocycles. The molecular weight excluding hydrogens is 382 g/mol. The van der Waals surface area contributed by atoms with Gasteiger partial charge in [-0.3, -0.25) is 4.79 Å². The first-order valence-electron chi connectivity index (χ1n) is 7.97. The highest BCUT2D eigenvalue weighted by Gasteiger charge is 2.52. The average Bonchev–Trinajstić information content (AvgIpc) is 2.94. The third-order valence-electron chi connectivity index (χ3n) is 4.66. The third-order valence-corrected chi connectivity index (χ3v) is 4.66. The zero-order valence-electron chi connectivity index (χ0n) is 13.6. The molecule has 1 amide bonds. The molecule has 2 aromatic heterocycles. The van der Waals surface area contributed by atoms with Crippen molar-refractivity contribution in [1.82, 2.24) is 19.9 Å². The number of hydrogen-bond donors (Lipinski definition) is 2.